The largest absolute Gasteiger partial charge is 0.341 e. The predicted octanol–water partition coefficient (Wildman–Crippen LogP) is 6.00. The Morgan fingerprint density at radius 3 is 2.83 bits per heavy atom. The minimum Gasteiger partial charge on any atom is -0.341 e. The molecule has 4 aromatic heterocycles. The summed E-state index contributed by atoms with van der Waals surface area (Å²) in [5.74, 6) is 0.868. The smallest absolute Gasteiger partial charge is 0.246 e. The van der Waals surface area contributed by atoms with Gasteiger partial charge in [0, 0.05) is 58.6 Å². The number of nitrogens with one attached hydrogen (secondary N) is 1. The number of thiophene rings is 1. The molecule has 0 saturated carbocycles. The molecule has 1 amide bonds. The van der Waals surface area contributed by atoms with Gasteiger partial charge in [0.2, 0.25) is 5.91 Å². The number of pyridine rings is 1. The molecule has 0 saturated heterocycles. The predicted molar refractivity (Wildman–Crippen MR) is 167 cm³/mol. The van der Waals surface area contributed by atoms with Gasteiger partial charge >= 0.3 is 0 Å². The number of benzene rings is 1. The maximum atomic E-state index is 13.0. The lowest BCUT2D eigenvalue weighted by Crippen LogP contribution is -2.38. The number of nitrogens with zero attached hydrogens (tertiary/aromatic N) is 6. The van der Waals surface area contributed by atoms with Crippen molar-refractivity contribution in [3.63, 3.8) is 0 Å². The molecule has 0 unspecified atom stereocenters. The van der Waals surface area contributed by atoms with E-state index in [-0.39, 0.29) is 11.4 Å². The summed E-state index contributed by atoms with van der Waals surface area (Å²) in [7, 11) is 2.07. The van der Waals surface area contributed by atoms with Gasteiger partial charge in [0.25, 0.3) is 0 Å². The number of fused-ring (bicyclic) bond motifs is 4. The van der Waals surface area contributed by atoms with Crippen molar-refractivity contribution >= 4 is 49.9 Å². The number of carbonyl (C=O) groups is 1. The highest BCUT2D eigenvalue weighted by Crippen LogP contribution is 2.38. The molecule has 8 nitrogen and oxygen atoms in total. The second-order valence-electron chi connectivity index (χ2n) is 11.5. The molecule has 0 bridgehead atoms. The molecular weight excluding hydrogens is 530 g/mol. The fourth-order valence-electron chi connectivity index (χ4n) is 5.12. The van der Waals surface area contributed by atoms with Gasteiger partial charge in [-0.3, -0.25) is 14.7 Å². The third-order valence-corrected chi connectivity index (χ3v) is 8.95. The first-order valence-corrected chi connectivity index (χ1v) is 14.8. The van der Waals surface area contributed by atoms with E-state index >= 15 is 0 Å². The molecule has 41 heavy (non-hydrogen) atoms. The number of likely N-dealkylation sites (N-methyl/N-ethyl adjacent to an activating group) is 1. The van der Waals surface area contributed by atoms with Crippen molar-refractivity contribution in [3.8, 4) is 0 Å². The van der Waals surface area contributed by atoms with E-state index in [0.29, 0.717) is 13.1 Å². The number of anilines is 2. The van der Waals surface area contributed by atoms with Gasteiger partial charge in [0.1, 0.15) is 17.0 Å². The number of hydrogen-bond donors (Lipinski definition) is 1. The summed E-state index contributed by atoms with van der Waals surface area (Å²) in [6.07, 6.45) is 10.0. The van der Waals surface area contributed by atoms with Gasteiger partial charge in [-0.05, 0) is 76.2 Å². The molecule has 0 atom stereocenters. The second-order valence-corrected chi connectivity index (χ2v) is 12.6. The Labute approximate surface area is 244 Å². The zero-order valence-corrected chi connectivity index (χ0v) is 24.8. The highest BCUT2D eigenvalue weighted by molar-refractivity contribution is 7.19. The average Bonchev–Trinajstić information content (AvgIpc) is 3.53. The molecule has 0 spiro atoms. The standard InChI is InChI=1S/C32H35N7OS/c1-32(2,3)37(4)15-7-9-28(40)39-17-13-25-27(20-39)41-31-29(25)30(34-21-35-31)36-23-10-11-26-22(18-23)12-16-38(26)19-24-8-5-6-14-33-24/h5-12,14,16,18,21H,13,15,17,19-20H2,1-4H3,(H,34,35,36). The van der Waals surface area contributed by atoms with Crippen LogP contribution >= 0.6 is 11.3 Å². The van der Waals surface area contributed by atoms with Crippen LogP contribution in [-0.2, 0) is 24.3 Å². The second kappa shape index (κ2) is 11.1. The normalized spacial score (nSPS) is 13.9. The first-order valence-electron chi connectivity index (χ1n) is 13.9. The summed E-state index contributed by atoms with van der Waals surface area (Å²) in [4.78, 5) is 32.9. The molecule has 0 radical (unpaired) electrons. The van der Waals surface area contributed by atoms with Crippen molar-refractivity contribution in [1.29, 1.82) is 0 Å². The first-order chi connectivity index (χ1) is 19.8. The van der Waals surface area contributed by atoms with E-state index in [9.17, 15) is 4.79 Å². The summed E-state index contributed by atoms with van der Waals surface area (Å²) < 4.78 is 2.21. The molecule has 1 aromatic carbocycles. The van der Waals surface area contributed by atoms with Gasteiger partial charge in [-0.1, -0.05) is 12.1 Å². The summed E-state index contributed by atoms with van der Waals surface area (Å²) >= 11 is 1.66. The van der Waals surface area contributed by atoms with Crippen molar-refractivity contribution in [2.24, 2.45) is 0 Å². The van der Waals surface area contributed by atoms with E-state index < -0.39 is 0 Å². The van der Waals surface area contributed by atoms with E-state index in [4.69, 9.17) is 0 Å². The summed E-state index contributed by atoms with van der Waals surface area (Å²) in [5.41, 5.74) is 4.48. The Hall–Kier alpha value is -4.08. The van der Waals surface area contributed by atoms with Crippen molar-refractivity contribution < 1.29 is 4.79 Å². The minimum atomic E-state index is 0.0585. The van der Waals surface area contributed by atoms with Gasteiger partial charge in [0.05, 0.1) is 24.2 Å². The quantitative estimate of drug-likeness (QED) is 0.244. The maximum absolute atomic E-state index is 13.0. The summed E-state index contributed by atoms with van der Waals surface area (Å²) in [6, 6.07) is 14.5. The van der Waals surface area contributed by atoms with Crippen LogP contribution in [0.4, 0.5) is 11.5 Å². The topological polar surface area (TPSA) is 79.2 Å². The van der Waals surface area contributed by atoms with Gasteiger partial charge in [0.15, 0.2) is 0 Å². The molecule has 210 valence electrons. The Morgan fingerprint density at radius 1 is 1.15 bits per heavy atom. The molecule has 0 aliphatic carbocycles. The lowest BCUT2D eigenvalue weighted by molar-refractivity contribution is -0.126. The van der Waals surface area contributed by atoms with Crippen molar-refractivity contribution in [2.45, 2.75) is 45.8 Å². The molecular formula is C32H35N7OS. The molecule has 1 aliphatic rings. The van der Waals surface area contributed by atoms with Crippen LogP contribution in [0.2, 0.25) is 0 Å². The number of aromatic nitrogens is 4. The maximum Gasteiger partial charge on any atom is 0.246 e. The zero-order chi connectivity index (χ0) is 28.6. The molecule has 6 rings (SSSR count). The first kappa shape index (κ1) is 27.1. The van der Waals surface area contributed by atoms with Crippen molar-refractivity contribution in [2.75, 3.05) is 25.5 Å². The van der Waals surface area contributed by atoms with Crippen LogP contribution in [0.3, 0.4) is 0 Å². The molecule has 5 heterocycles. The van der Waals surface area contributed by atoms with Crippen LogP contribution in [0.5, 0.6) is 0 Å². The lowest BCUT2D eigenvalue weighted by Gasteiger charge is -2.31. The highest BCUT2D eigenvalue weighted by Gasteiger charge is 2.26. The minimum absolute atomic E-state index is 0.0585. The molecule has 1 aliphatic heterocycles. The van der Waals surface area contributed by atoms with Crippen molar-refractivity contribution in [3.05, 3.63) is 89.5 Å². The average molecular weight is 566 g/mol. The van der Waals surface area contributed by atoms with Gasteiger partial charge in [-0.15, -0.1) is 11.3 Å². The molecule has 9 heteroatoms. The van der Waals surface area contributed by atoms with Gasteiger partial charge < -0.3 is 14.8 Å². The Bertz CT molecular complexity index is 1730. The van der Waals surface area contributed by atoms with Crippen LogP contribution in [0, 0.1) is 0 Å². The third-order valence-electron chi connectivity index (χ3n) is 7.83. The Balaban J connectivity index is 1.19. The van der Waals surface area contributed by atoms with Crippen LogP contribution in [0.25, 0.3) is 21.1 Å². The SMILES string of the molecule is CN(CC=CC(=O)N1CCc2c(sc3ncnc(Nc4ccc5c(ccn5Cc5ccccn5)c4)c23)C1)C(C)(C)C. The molecule has 1 N–H and O–H groups in total. The monoisotopic (exact) mass is 565 g/mol. The highest BCUT2D eigenvalue weighted by atomic mass is 32.1. The fourth-order valence-corrected chi connectivity index (χ4v) is 6.32. The van der Waals surface area contributed by atoms with Gasteiger partial charge in [-0.2, -0.15) is 0 Å². The molecule has 0 fully saturated rings. The molecule has 5 aromatic rings. The van der Waals surface area contributed by atoms with E-state index in [1.54, 1.807) is 23.7 Å². The zero-order valence-electron chi connectivity index (χ0n) is 24.0. The number of amides is 1. The van der Waals surface area contributed by atoms with E-state index in [1.165, 1.54) is 10.4 Å². The van der Waals surface area contributed by atoms with E-state index in [1.807, 2.05) is 35.4 Å². The Morgan fingerprint density at radius 2 is 2.02 bits per heavy atom. The lowest BCUT2D eigenvalue weighted by atomic mass is 10.0. The third kappa shape index (κ3) is 5.73. The van der Waals surface area contributed by atoms with Crippen LogP contribution in [0.15, 0.2) is 73.3 Å². The van der Waals surface area contributed by atoms with Crippen LogP contribution in [0.1, 0.15) is 36.9 Å². The van der Waals surface area contributed by atoms with Crippen molar-refractivity contribution in [1.82, 2.24) is 29.3 Å². The Kier molecular flexibility index (Phi) is 7.32. The van der Waals surface area contributed by atoms with Crippen LogP contribution in [-0.4, -0.2) is 60.9 Å². The van der Waals surface area contributed by atoms with Crippen LogP contribution < -0.4 is 5.32 Å². The van der Waals surface area contributed by atoms with E-state index in [0.717, 1.165) is 57.8 Å². The summed E-state index contributed by atoms with van der Waals surface area (Å²) in [6.45, 7) is 9.26. The fraction of sp³-hybridized carbons (Fsp3) is 0.312. The van der Waals surface area contributed by atoms with E-state index in [2.05, 4.69) is 88.0 Å². The summed E-state index contributed by atoms with van der Waals surface area (Å²) in [5, 5.41) is 5.77. The van der Waals surface area contributed by atoms with Gasteiger partial charge in [-0.25, -0.2) is 9.97 Å². The number of hydrogen-bond acceptors (Lipinski definition) is 7. The number of carbonyl (C=O) groups excluding carboxylic acids is 1. The number of rotatable bonds is 7.